The third kappa shape index (κ3) is 7.41. The first-order valence-corrected chi connectivity index (χ1v) is 11.3. The van der Waals surface area contributed by atoms with Crippen LogP contribution in [0.2, 0.25) is 5.02 Å². The Kier molecular flexibility index (Phi) is 9.55. The Labute approximate surface area is 183 Å². The fraction of sp³-hybridized carbons (Fsp3) is 0.391. The number of benzene rings is 2. The van der Waals surface area contributed by atoms with Gasteiger partial charge in [0, 0.05) is 23.0 Å². The Hall–Kier alpha value is -1.98. The molecule has 0 fully saturated rings. The van der Waals surface area contributed by atoms with Crippen LogP contribution in [0, 0.1) is 6.92 Å². The van der Waals surface area contributed by atoms with Crippen LogP contribution >= 0.6 is 23.4 Å². The van der Waals surface area contributed by atoms with Gasteiger partial charge in [-0.15, -0.1) is 11.8 Å². The largest absolute Gasteiger partial charge is 0.354 e. The second-order valence-corrected chi connectivity index (χ2v) is 8.50. The minimum atomic E-state index is -0.537. The molecule has 29 heavy (non-hydrogen) atoms. The summed E-state index contributed by atoms with van der Waals surface area (Å²) in [4.78, 5) is 28.3. The maximum atomic E-state index is 13.1. The summed E-state index contributed by atoms with van der Waals surface area (Å²) in [5.41, 5.74) is 2.15. The van der Waals surface area contributed by atoms with E-state index in [9.17, 15) is 9.59 Å². The van der Waals surface area contributed by atoms with Crippen molar-refractivity contribution < 1.29 is 9.59 Å². The lowest BCUT2D eigenvalue weighted by Gasteiger charge is -2.29. The van der Waals surface area contributed by atoms with E-state index in [0.717, 1.165) is 28.9 Å². The maximum Gasteiger partial charge on any atom is 0.242 e. The highest BCUT2D eigenvalue weighted by Gasteiger charge is 2.26. The van der Waals surface area contributed by atoms with Gasteiger partial charge in [0.25, 0.3) is 0 Å². The van der Waals surface area contributed by atoms with Gasteiger partial charge >= 0.3 is 0 Å². The van der Waals surface area contributed by atoms with Crippen molar-refractivity contribution in [2.45, 2.75) is 51.1 Å². The molecule has 0 spiro atoms. The minimum absolute atomic E-state index is 0.0636. The van der Waals surface area contributed by atoms with Gasteiger partial charge in [-0.2, -0.15) is 0 Å². The molecule has 4 nitrogen and oxygen atoms in total. The zero-order chi connectivity index (χ0) is 21.2. The van der Waals surface area contributed by atoms with Gasteiger partial charge in [-0.25, -0.2) is 0 Å². The summed E-state index contributed by atoms with van der Waals surface area (Å²) in [6, 6.07) is 14.8. The third-order valence-electron chi connectivity index (χ3n) is 4.77. The second-order valence-electron chi connectivity index (χ2n) is 7.01. The van der Waals surface area contributed by atoms with Crippen LogP contribution in [-0.4, -0.2) is 35.1 Å². The quantitative estimate of drug-likeness (QED) is 0.421. The number of nitrogens with zero attached hydrogens (tertiary/aromatic N) is 1. The van der Waals surface area contributed by atoms with Crippen LogP contribution in [0.5, 0.6) is 0 Å². The monoisotopic (exact) mass is 432 g/mol. The number of aryl methyl sites for hydroxylation is 1. The number of carbonyl (C=O) groups is 2. The van der Waals surface area contributed by atoms with Crippen molar-refractivity contribution in [3.8, 4) is 0 Å². The van der Waals surface area contributed by atoms with E-state index in [1.165, 1.54) is 11.8 Å². The molecule has 0 radical (unpaired) electrons. The Morgan fingerprint density at radius 1 is 1.14 bits per heavy atom. The van der Waals surface area contributed by atoms with Crippen molar-refractivity contribution >= 4 is 35.2 Å². The zero-order valence-electron chi connectivity index (χ0n) is 17.3. The van der Waals surface area contributed by atoms with Crippen LogP contribution < -0.4 is 5.32 Å². The lowest BCUT2D eigenvalue weighted by Crippen LogP contribution is -2.48. The summed E-state index contributed by atoms with van der Waals surface area (Å²) in [6.07, 6.45) is 1.94. The van der Waals surface area contributed by atoms with E-state index >= 15 is 0 Å². The van der Waals surface area contributed by atoms with Crippen LogP contribution in [0.25, 0.3) is 0 Å². The molecule has 0 aromatic heterocycles. The number of hydrogen-bond donors (Lipinski definition) is 1. The van der Waals surface area contributed by atoms with E-state index in [4.69, 9.17) is 11.6 Å². The van der Waals surface area contributed by atoms with Gasteiger partial charge in [0.1, 0.15) is 6.04 Å². The van der Waals surface area contributed by atoms with E-state index in [-0.39, 0.29) is 17.6 Å². The summed E-state index contributed by atoms with van der Waals surface area (Å²) >= 11 is 7.38. The normalized spacial score (nSPS) is 11.7. The SMILES string of the molecule is CCCCNC(=O)[C@H](C)N(Cc1ccccc1C)C(=O)CSc1ccc(Cl)cc1. The van der Waals surface area contributed by atoms with Crippen molar-refractivity contribution in [1.82, 2.24) is 10.2 Å². The molecule has 0 unspecified atom stereocenters. The molecule has 2 rings (SSSR count). The molecule has 156 valence electrons. The molecule has 0 heterocycles. The molecule has 0 aliphatic heterocycles. The summed E-state index contributed by atoms with van der Waals surface area (Å²) in [7, 11) is 0. The first kappa shape index (κ1) is 23.3. The highest BCUT2D eigenvalue weighted by atomic mass is 35.5. The van der Waals surface area contributed by atoms with Gasteiger partial charge < -0.3 is 10.2 Å². The number of unbranched alkanes of at least 4 members (excludes halogenated alkanes) is 1. The molecule has 0 aliphatic carbocycles. The molecule has 0 saturated carbocycles. The van der Waals surface area contributed by atoms with E-state index < -0.39 is 6.04 Å². The molecule has 0 saturated heterocycles. The second kappa shape index (κ2) is 11.9. The maximum absolute atomic E-state index is 13.1. The molecule has 0 aliphatic rings. The zero-order valence-corrected chi connectivity index (χ0v) is 18.9. The molecule has 1 atom stereocenters. The molecule has 0 bridgehead atoms. The van der Waals surface area contributed by atoms with Crippen molar-refractivity contribution in [2.75, 3.05) is 12.3 Å². The first-order chi connectivity index (χ1) is 13.9. The fourth-order valence-electron chi connectivity index (χ4n) is 2.85. The lowest BCUT2D eigenvalue weighted by molar-refractivity contribution is -0.138. The van der Waals surface area contributed by atoms with Gasteiger partial charge in [0.15, 0.2) is 0 Å². The molecular weight excluding hydrogens is 404 g/mol. The van der Waals surface area contributed by atoms with Crippen LogP contribution in [-0.2, 0) is 16.1 Å². The van der Waals surface area contributed by atoms with Gasteiger partial charge in [-0.1, -0.05) is 49.2 Å². The first-order valence-electron chi connectivity index (χ1n) is 9.92. The summed E-state index contributed by atoms with van der Waals surface area (Å²) in [6.45, 7) is 6.94. The van der Waals surface area contributed by atoms with Crippen LogP contribution in [0.15, 0.2) is 53.4 Å². The van der Waals surface area contributed by atoms with Gasteiger partial charge in [-0.3, -0.25) is 9.59 Å². The summed E-state index contributed by atoms with van der Waals surface area (Å²) in [5.74, 6) is 0.0864. The summed E-state index contributed by atoms with van der Waals surface area (Å²) < 4.78 is 0. The number of thioether (sulfide) groups is 1. The molecule has 6 heteroatoms. The van der Waals surface area contributed by atoms with Gasteiger partial charge in [-0.05, 0) is 55.7 Å². The third-order valence-corrected chi connectivity index (χ3v) is 6.02. The van der Waals surface area contributed by atoms with E-state index in [0.29, 0.717) is 18.1 Å². The van der Waals surface area contributed by atoms with E-state index in [1.807, 2.05) is 55.5 Å². The van der Waals surface area contributed by atoms with Crippen molar-refractivity contribution in [3.05, 3.63) is 64.7 Å². The van der Waals surface area contributed by atoms with Crippen molar-refractivity contribution in [2.24, 2.45) is 0 Å². The number of hydrogen-bond acceptors (Lipinski definition) is 3. The topological polar surface area (TPSA) is 49.4 Å². The fourth-order valence-corrected chi connectivity index (χ4v) is 3.76. The molecule has 2 aromatic rings. The Morgan fingerprint density at radius 2 is 1.83 bits per heavy atom. The van der Waals surface area contributed by atoms with Crippen LogP contribution in [0.3, 0.4) is 0 Å². The molecule has 2 amide bonds. The highest BCUT2D eigenvalue weighted by Crippen LogP contribution is 2.22. The van der Waals surface area contributed by atoms with Crippen molar-refractivity contribution in [3.63, 3.8) is 0 Å². The Balaban J connectivity index is 2.11. The van der Waals surface area contributed by atoms with Gasteiger partial charge in [0.05, 0.1) is 5.75 Å². The van der Waals surface area contributed by atoms with E-state index in [1.54, 1.807) is 11.8 Å². The van der Waals surface area contributed by atoms with Gasteiger partial charge in [0.2, 0.25) is 11.8 Å². The average Bonchev–Trinajstić information content (AvgIpc) is 2.72. The molecule has 2 aromatic carbocycles. The van der Waals surface area contributed by atoms with E-state index in [2.05, 4.69) is 12.2 Å². The number of rotatable bonds is 10. The number of nitrogens with one attached hydrogen (secondary N) is 1. The Bertz CT molecular complexity index is 811. The predicted octanol–water partition coefficient (Wildman–Crippen LogP) is 5.07. The Morgan fingerprint density at radius 3 is 2.48 bits per heavy atom. The standard InChI is InChI=1S/C23H29ClN2O2S/c1-4-5-14-25-23(28)18(3)26(15-19-9-7-6-8-17(19)2)22(27)16-29-21-12-10-20(24)11-13-21/h6-13,18H,4-5,14-16H2,1-3H3,(H,25,28)/t18-/m0/s1. The van der Waals surface area contributed by atoms with Crippen LogP contribution in [0.1, 0.15) is 37.8 Å². The smallest absolute Gasteiger partial charge is 0.242 e. The lowest BCUT2D eigenvalue weighted by atomic mass is 10.1. The van der Waals surface area contributed by atoms with Crippen LogP contribution in [0.4, 0.5) is 0 Å². The average molecular weight is 433 g/mol. The highest BCUT2D eigenvalue weighted by molar-refractivity contribution is 8.00. The molecular formula is C23H29ClN2O2S. The number of halogens is 1. The summed E-state index contributed by atoms with van der Waals surface area (Å²) in [5, 5.41) is 3.61. The number of amides is 2. The van der Waals surface area contributed by atoms with Crippen molar-refractivity contribution in [1.29, 1.82) is 0 Å². The molecule has 1 N–H and O–H groups in total. The minimum Gasteiger partial charge on any atom is -0.354 e. The number of carbonyl (C=O) groups excluding carboxylic acids is 2. The predicted molar refractivity (Wildman–Crippen MR) is 121 cm³/mol.